The van der Waals surface area contributed by atoms with Crippen molar-refractivity contribution in [2.75, 3.05) is 13.7 Å². The highest BCUT2D eigenvalue weighted by atomic mass is 79.9. The predicted molar refractivity (Wildman–Crippen MR) is 131 cm³/mol. The molecule has 1 aliphatic heterocycles. The van der Waals surface area contributed by atoms with Crippen LogP contribution in [0, 0.1) is 5.82 Å². The van der Waals surface area contributed by atoms with Crippen LogP contribution in [0.2, 0.25) is 0 Å². The highest BCUT2D eigenvalue weighted by Crippen LogP contribution is 2.47. The van der Waals surface area contributed by atoms with E-state index >= 15 is 0 Å². The van der Waals surface area contributed by atoms with Gasteiger partial charge in [0.25, 0.3) is 0 Å². The number of hydrogen-bond acceptors (Lipinski definition) is 5. The van der Waals surface area contributed by atoms with Crippen molar-refractivity contribution in [1.29, 1.82) is 0 Å². The lowest BCUT2D eigenvalue weighted by molar-refractivity contribution is -0.139. The van der Waals surface area contributed by atoms with Crippen LogP contribution in [-0.2, 0) is 14.3 Å². The number of para-hydroxylation sites is 1. The number of nitrogens with one attached hydrogen (secondary N) is 1. The molecule has 2 aromatic rings. The maximum Gasteiger partial charge on any atom is 0.336 e. The van der Waals surface area contributed by atoms with Crippen LogP contribution in [-0.4, -0.2) is 25.5 Å². The van der Waals surface area contributed by atoms with E-state index in [0.29, 0.717) is 35.2 Å². The average Bonchev–Trinajstić information content (AvgIpc) is 2.83. The van der Waals surface area contributed by atoms with E-state index in [1.807, 2.05) is 38.1 Å². The Balaban J connectivity index is 1.81. The summed E-state index contributed by atoms with van der Waals surface area (Å²) in [5, 5.41) is 3.33. The van der Waals surface area contributed by atoms with Crippen molar-refractivity contribution >= 4 is 27.7 Å². The Morgan fingerprint density at radius 1 is 1.21 bits per heavy atom. The third-order valence-corrected chi connectivity index (χ3v) is 6.95. The Bertz CT molecular complexity index is 1200. The SMILES string of the molecule is CCCOC(=O)C1=C(C)NC2=C(C(=O)C[C@@H](c3ccccc3OC)C2)[C@H]1c1ccc(F)c(Br)c1. The second-order valence-electron chi connectivity index (χ2n) is 8.57. The number of hydrogen-bond donors (Lipinski definition) is 1. The number of carbonyl (C=O) groups is 2. The van der Waals surface area contributed by atoms with Gasteiger partial charge in [-0.25, -0.2) is 9.18 Å². The fourth-order valence-electron chi connectivity index (χ4n) is 4.83. The van der Waals surface area contributed by atoms with E-state index in [1.165, 1.54) is 6.07 Å². The minimum absolute atomic E-state index is 0.0524. The number of rotatable bonds is 6. The van der Waals surface area contributed by atoms with Gasteiger partial charge < -0.3 is 14.8 Å². The maximum atomic E-state index is 14.0. The van der Waals surface area contributed by atoms with E-state index in [-0.39, 0.29) is 29.2 Å². The first-order chi connectivity index (χ1) is 16.3. The van der Waals surface area contributed by atoms with Crippen molar-refractivity contribution < 1.29 is 23.5 Å². The molecule has 2 aromatic carbocycles. The third kappa shape index (κ3) is 4.53. The number of ketones is 1. The summed E-state index contributed by atoms with van der Waals surface area (Å²) in [7, 11) is 1.62. The van der Waals surface area contributed by atoms with Gasteiger partial charge in [0.05, 0.1) is 23.8 Å². The van der Waals surface area contributed by atoms with Gasteiger partial charge in [-0.3, -0.25) is 4.79 Å². The predicted octanol–water partition coefficient (Wildman–Crippen LogP) is 5.91. The molecule has 4 rings (SSSR count). The van der Waals surface area contributed by atoms with Gasteiger partial charge >= 0.3 is 5.97 Å². The molecule has 2 aliphatic rings. The first-order valence-electron chi connectivity index (χ1n) is 11.3. The van der Waals surface area contributed by atoms with Gasteiger partial charge in [0.2, 0.25) is 0 Å². The monoisotopic (exact) mass is 527 g/mol. The Morgan fingerprint density at radius 2 is 1.97 bits per heavy atom. The van der Waals surface area contributed by atoms with E-state index in [2.05, 4.69) is 21.2 Å². The second kappa shape index (κ2) is 10.1. The molecule has 0 fully saturated rings. The number of dihydropyridines is 1. The first kappa shape index (κ1) is 24.2. The Labute approximate surface area is 207 Å². The van der Waals surface area contributed by atoms with Crippen molar-refractivity contribution in [3.05, 3.63) is 86.4 Å². The largest absolute Gasteiger partial charge is 0.496 e. The lowest BCUT2D eigenvalue weighted by Crippen LogP contribution is -2.36. The number of esters is 1. The number of methoxy groups -OCH3 is 1. The zero-order chi connectivity index (χ0) is 24.4. The smallest absolute Gasteiger partial charge is 0.336 e. The number of halogens is 2. The minimum atomic E-state index is -0.636. The molecule has 0 spiro atoms. The normalized spacial score (nSPS) is 20.1. The van der Waals surface area contributed by atoms with Crippen LogP contribution >= 0.6 is 15.9 Å². The molecule has 1 heterocycles. The molecule has 0 unspecified atom stereocenters. The van der Waals surface area contributed by atoms with Gasteiger partial charge in [-0.1, -0.05) is 31.2 Å². The van der Waals surface area contributed by atoms with Crippen molar-refractivity contribution in [2.24, 2.45) is 0 Å². The molecule has 0 radical (unpaired) electrons. The van der Waals surface area contributed by atoms with E-state index < -0.39 is 17.7 Å². The van der Waals surface area contributed by atoms with Gasteiger partial charge in [-0.2, -0.15) is 0 Å². The fourth-order valence-corrected chi connectivity index (χ4v) is 5.23. The molecule has 0 saturated heterocycles. The topological polar surface area (TPSA) is 64.6 Å². The molecule has 0 bridgehead atoms. The van der Waals surface area contributed by atoms with Crippen molar-refractivity contribution in [3.63, 3.8) is 0 Å². The van der Waals surface area contributed by atoms with Gasteiger partial charge in [-0.15, -0.1) is 0 Å². The highest BCUT2D eigenvalue weighted by molar-refractivity contribution is 9.10. The molecule has 7 heteroatoms. The summed E-state index contributed by atoms with van der Waals surface area (Å²) >= 11 is 3.25. The minimum Gasteiger partial charge on any atom is -0.496 e. The van der Waals surface area contributed by atoms with Crippen LogP contribution in [0.15, 0.2) is 69.5 Å². The zero-order valence-electron chi connectivity index (χ0n) is 19.4. The van der Waals surface area contributed by atoms with E-state index in [0.717, 1.165) is 17.0 Å². The molecular formula is C27H27BrFNO4. The molecule has 0 amide bonds. The third-order valence-electron chi connectivity index (χ3n) is 6.34. The van der Waals surface area contributed by atoms with Crippen molar-refractivity contribution in [2.45, 2.75) is 44.9 Å². The summed E-state index contributed by atoms with van der Waals surface area (Å²) in [6.07, 6.45) is 1.57. The Morgan fingerprint density at radius 3 is 2.68 bits per heavy atom. The van der Waals surface area contributed by atoms with Gasteiger partial charge in [0, 0.05) is 35.2 Å². The average molecular weight is 528 g/mol. The fraction of sp³-hybridized carbons (Fsp3) is 0.333. The molecule has 1 aliphatic carbocycles. The molecule has 0 saturated carbocycles. The van der Waals surface area contributed by atoms with Crippen LogP contribution in [0.4, 0.5) is 4.39 Å². The Kier molecular flexibility index (Phi) is 7.22. The van der Waals surface area contributed by atoms with Gasteiger partial charge in [-0.05, 0) is 65.0 Å². The number of benzene rings is 2. The molecule has 178 valence electrons. The second-order valence-corrected chi connectivity index (χ2v) is 9.42. The quantitative estimate of drug-likeness (QED) is 0.473. The molecular weight excluding hydrogens is 501 g/mol. The first-order valence-corrected chi connectivity index (χ1v) is 12.1. The number of carbonyl (C=O) groups excluding carboxylic acids is 2. The Hall–Kier alpha value is -2.93. The van der Waals surface area contributed by atoms with Gasteiger partial charge in [0.1, 0.15) is 11.6 Å². The summed E-state index contributed by atoms with van der Waals surface area (Å²) in [5.41, 5.74) is 3.98. The van der Waals surface area contributed by atoms with Crippen molar-refractivity contribution in [1.82, 2.24) is 5.32 Å². The summed E-state index contributed by atoms with van der Waals surface area (Å²) in [4.78, 5) is 26.7. The number of allylic oxidation sites excluding steroid dienone is 3. The van der Waals surface area contributed by atoms with Gasteiger partial charge in [0.15, 0.2) is 5.78 Å². The van der Waals surface area contributed by atoms with E-state index in [4.69, 9.17) is 9.47 Å². The van der Waals surface area contributed by atoms with Crippen LogP contribution < -0.4 is 10.1 Å². The number of Topliss-reactive ketones (excluding diaryl/α,β-unsaturated/α-hetero) is 1. The molecule has 2 atom stereocenters. The molecule has 1 N–H and O–H groups in total. The molecule has 0 aromatic heterocycles. The van der Waals surface area contributed by atoms with Crippen LogP contribution in [0.3, 0.4) is 0 Å². The van der Waals surface area contributed by atoms with Crippen LogP contribution in [0.25, 0.3) is 0 Å². The standard InChI is InChI=1S/C27H27BrFNO4/c1-4-11-34-27(32)24-15(2)30-21-13-17(18-7-5-6-8-23(18)33-3)14-22(31)26(21)25(24)16-9-10-20(29)19(28)12-16/h5-10,12,17,25,30H,4,11,13-14H2,1-3H3/t17-,25-/m0/s1. The molecule has 34 heavy (non-hydrogen) atoms. The number of ether oxygens (including phenoxy) is 2. The van der Waals surface area contributed by atoms with Crippen LogP contribution in [0.1, 0.15) is 56.1 Å². The summed E-state index contributed by atoms with van der Waals surface area (Å²) in [6.45, 7) is 4.02. The summed E-state index contributed by atoms with van der Waals surface area (Å²) < 4.78 is 25.3. The van der Waals surface area contributed by atoms with E-state index in [9.17, 15) is 14.0 Å². The summed E-state index contributed by atoms with van der Waals surface area (Å²) in [5.74, 6) is -0.878. The molecule has 5 nitrogen and oxygen atoms in total. The maximum absolute atomic E-state index is 14.0. The highest BCUT2D eigenvalue weighted by Gasteiger charge is 2.42. The van der Waals surface area contributed by atoms with Crippen molar-refractivity contribution in [3.8, 4) is 5.75 Å². The zero-order valence-corrected chi connectivity index (χ0v) is 21.0. The van der Waals surface area contributed by atoms with E-state index in [1.54, 1.807) is 19.2 Å². The lowest BCUT2D eigenvalue weighted by Gasteiger charge is -2.37. The lowest BCUT2D eigenvalue weighted by atomic mass is 9.71. The van der Waals surface area contributed by atoms with Crippen LogP contribution in [0.5, 0.6) is 5.75 Å². The summed E-state index contributed by atoms with van der Waals surface area (Å²) in [6, 6.07) is 12.3.